The highest BCUT2D eigenvalue weighted by Gasteiger charge is 2.42. The number of hydrogen-bond donors (Lipinski definition) is 3. The van der Waals surface area contributed by atoms with Gasteiger partial charge >= 0.3 is 11.9 Å². The first-order valence-electron chi connectivity index (χ1n) is 19.1. The molecule has 5 atom stereocenters. The summed E-state index contributed by atoms with van der Waals surface area (Å²) in [6.07, 6.45) is 5.37. The van der Waals surface area contributed by atoms with Crippen molar-refractivity contribution in [3.63, 3.8) is 0 Å². The van der Waals surface area contributed by atoms with E-state index in [-0.39, 0.29) is 30.8 Å². The molecule has 2 amide bonds. The van der Waals surface area contributed by atoms with Crippen molar-refractivity contribution in [1.29, 1.82) is 0 Å². The molecule has 0 saturated heterocycles. The van der Waals surface area contributed by atoms with Crippen LogP contribution < -0.4 is 20.1 Å². The number of methoxy groups -OCH3 is 2. The van der Waals surface area contributed by atoms with Crippen molar-refractivity contribution >= 4 is 40.4 Å². The van der Waals surface area contributed by atoms with Gasteiger partial charge in [-0.1, -0.05) is 77.3 Å². The van der Waals surface area contributed by atoms with Gasteiger partial charge in [0, 0.05) is 41.5 Å². The molecular formula is C43H53N3O9. The van der Waals surface area contributed by atoms with Crippen LogP contribution in [0.15, 0.2) is 66.2 Å². The minimum atomic E-state index is -1.10. The van der Waals surface area contributed by atoms with E-state index in [2.05, 4.69) is 10.6 Å². The molecular weight excluding hydrogens is 702 g/mol. The van der Waals surface area contributed by atoms with Crippen molar-refractivity contribution in [3.8, 4) is 22.8 Å². The first-order chi connectivity index (χ1) is 26.2. The molecule has 2 aliphatic rings. The molecule has 3 aromatic rings. The molecule has 1 saturated carbocycles. The molecule has 12 nitrogen and oxygen atoms in total. The Bertz CT molecular complexity index is 1910. The summed E-state index contributed by atoms with van der Waals surface area (Å²) >= 11 is 0. The van der Waals surface area contributed by atoms with E-state index in [1.54, 1.807) is 53.0 Å². The second kappa shape index (κ2) is 17.9. The lowest BCUT2D eigenvalue weighted by molar-refractivity contribution is -0.148. The predicted octanol–water partition coefficient (Wildman–Crippen LogP) is 6.44. The standard InChI is InChI=1S/C43H53N3O9/c1-7-25(41(50)51)20-35(47)31-21-29(55-36-24-33(26-14-10-8-11-15-26)44-34-23-28(53-5)18-19-30(34)36)22-32(31)39(48)46-38(43(2,3)4)40(49)45-37(42(52)54-6)27-16-12-9-13-17-27/h8,10-11,14-15,18-19,22-25,27,29,31,37-38H,7,9,12-13,16-17,20-21H2,1-6H3,(H,45,49)(H,46,48)(H,50,51)/t25-,29?,31?,37+,38-/m1/s1. The fourth-order valence-electron chi connectivity index (χ4n) is 7.57. The lowest BCUT2D eigenvalue weighted by Gasteiger charge is -2.34. The Morgan fingerprint density at radius 1 is 0.945 bits per heavy atom. The van der Waals surface area contributed by atoms with E-state index in [0.29, 0.717) is 28.1 Å². The van der Waals surface area contributed by atoms with E-state index < -0.39 is 65.0 Å². The van der Waals surface area contributed by atoms with Gasteiger partial charge in [0.25, 0.3) is 0 Å². The highest BCUT2D eigenvalue weighted by Crippen LogP contribution is 2.37. The SMILES string of the molecule is CC[C@H](CC(=O)C1CC(Oc2cc(-c3ccccc3)nc3cc(OC)ccc23)C=C1C(=O)N[C@H](C(=O)N[C@H](C(=O)OC)C1CCCCC1)C(C)(C)C)C(=O)O. The van der Waals surface area contributed by atoms with Crippen LogP contribution in [0.5, 0.6) is 11.5 Å². The number of carbonyl (C=O) groups excluding carboxylic acids is 4. The third-order valence-electron chi connectivity index (χ3n) is 10.8. The summed E-state index contributed by atoms with van der Waals surface area (Å²) in [7, 11) is 2.86. The minimum Gasteiger partial charge on any atom is -0.497 e. The van der Waals surface area contributed by atoms with Crippen molar-refractivity contribution in [2.45, 2.75) is 97.2 Å². The summed E-state index contributed by atoms with van der Waals surface area (Å²) in [5.41, 5.74) is 1.42. The van der Waals surface area contributed by atoms with Gasteiger partial charge in [0.1, 0.15) is 35.5 Å². The maximum Gasteiger partial charge on any atom is 0.328 e. The second-order valence-electron chi connectivity index (χ2n) is 15.6. The van der Waals surface area contributed by atoms with Gasteiger partial charge in [0.15, 0.2) is 0 Å². The number of aromatic nitrogens is 1. The smallest absolute Gasteiger partial charge is 0.328 e. The lowest BCUT2D eigenvalue weighted by atomic mass is 9.82. The molecule has 12 heteroatoms. The number of pyridine rings is 1. The number of carboxylic acids is 1. The fourth-order valence-corrected chi connectivity index (χ4v) is 7.57. The number of esters is 1. The van der Waals surface area contributed by atoms with Crippen molar-refractivity contribution in [1.82, 2.24) is 15.6 Å². The van der Waals surface area contributed by atoms with Gasteiger partial charge in [-0.2, -0.15) is 0 Å². The number of rotatable bonds is 15. The number of carboxylic acid groups (broad SMARTS) is 1. The lowest BCUT2D eigenvalue weighted by Crippen LogP contribution is -2.58. The zero-order chi connectivity index (χ0) is 39.9. The molecule has 1 heterocycles. The summed E-state index contributed by atoms with van der Waals surface area (Å²) in [5.74, 6) is -4.15. The molecule has 55 heavy (non-hydrogen) atoms. The summed E-state index contributed by atoms with van der Waals surface area (Å²) in [6.45, 7) is 7.10. The molecule has 0 bridgehead atoms. The normalized spacial score (nSPS) is 19.1. The summed E-state index contributed by atoms with van der Waals surface area (Å²) < 4.78 is 17.1. The number of nitrogens with one attached hydrogen (secondary N) is 2. The zero-order valence-corrected chi connectivity index (χ0v) is 32.6. The molecule has 3 N–H and O–H groups in total. The van der Waals surface area contributed by atoms with Crippen LogP contribution in [0.4, 0.5) is 0 Å². The number of fused-ring (bicyclic) bond motifs is 1. The molecule has 294 valence electrons. The number of amides is 2. The Hall–Kier alpha value is -5.26. The molecule has 2 aromatic carbocycles. The number of nitrogens with zero attached hydrogens (tertiary/aromatic N) is 1. The number of hydrogen-bond acceptors (Lipinski definition) is 9. The third-order valence-corrected chi connectivity index (χ3v) is 10.8. The number of ether oxygens (including phenoxy) is 3. The van der Waals surface area contributed by atoms with Crippen molar-refractivity contribution in [2.24, 2.45) is 23.2 Å². The average Bonchev–Trinajstić information content (AvgIpc) is 3.61. The first kappa shape index (κ1) is 40.9. The first-order valence-corrected chi connectivity index (χ1v) is 19.1. The minimum absolute atomic E-state index is 0.0801. The Balaban J connectivity index is 1.48. The van der Waals surface area contributed by atoms with Crippen LogP contribution in [-0.4, -0.2) is 72.0 Å². The maximum absolute atomic E-state index is 14.3. The van der Waals surface area contributed by atoms with E-state index >= 15 is 0 Å². The van der Waals surface area contributed by atoms with E-state index in [9.17, 15) is 29.1 Å². The molecule has 1 aromatic heterocycles. The Kier molecular flexibility index (Phi) is 13.3. The predicted molar refractivity (Wildman–Crippen MR) is 207 cm³/mol. The van der Waals surface area contributed by atoms with E-state index in [1.807, 2.05) is 42.5 Å². The van der Waals surface area contributed by atoms with Gasteiger partial charge in [0.2, 0.25) is 11.8 Å². The number of benzene rings is 2. The Morgan fingerprint density at radius 2 is 1.65 bits per heavy atom. The number of Topliss-reactive ketones (excluding diaryl/α,β-unsaturated/α-hetero) is 1. The van der Waals surface area contributed by atoms with Crippen LogP contribution in [0.1, 0.15) is 79.1 Å². The summed E-state index contributed by atoms with van der Waals surface area (Å²) in [6, 6.07) is 14.9. The van der Waals surface area contributed by atoms with Gasteiger partial charge in [-0.25, -0.2) is 9.78 Å². The largest absolute Gasteiger partial charge is 0.497 e. The molecule has 0 aliphatic heterocycles. The topological polar surface area (TPSA) is 170 Å². The quantitative estimate of drug-likeness (QED) is 0.147. The van der Waals surface area contributed by atoms with Crippen LogP contribution in [0.2, 0.25) is 0 Å². The Labute approximate surface area is 322 Å². The van der Waals surface area contributed by atoms with Crippen LogP contribution in [-0.2, 0) is 28.7 Å². The molecule has 1 fully saturated rings. The van der Waals surface area contributed by atoms with E-state index in [1.165, 1.54) is 7.11 Å². The van der Waals surface area contributed by atoms with Crippen molar-refractivity contribution < 1.29 is 43.3 Å². The monoisotopic (exact) mass is 755 g/mol. The van der Waals surface area contributed by atoms with Gasteiger partial charge in [-0.15, -0.1) is 0 Å². The maximum atomic E-state index is 14.3. The molecule has 2 aliphatic carbocycles. The molecule has 0 spiro atoms. The number of carbonyl (C=O) groups is 5. The highest BCUT2D eigenvalue weighted by atomic mass is 16.5. The van der Waals surface area contributed by atoms with Crippen LogP contribution in [0.25, 0.3) is 22.2 Å². The third kappa shape index (κ3) is 9.89. The van der Waals surface area contributed by atoms with Crippen molar-refractivity contribution in [3.05, 3.63) is 66.2 Å². The Morgan fingerprint density at radius 3 is 2.27 bits per heavy atom. The molecule has 5 rings (SSSR count). The number of ketones is 1. The van der Waals surface area contributed by atoms with Gasteiger partial charge in [-0.05, 0) is 48.8 Å². The fraction of sp³-hybridized carbons (Fsp3) is 0.488. The van der Waals surface area contributed by atoms with Crippen LogP contribution in [0.3, 0.4) is 0 Å². The van der Waals surface area contributed by atoms with E-state index in [0.717, 1.165) is 37.7 Å². The van der Waals surface area contributed by atoms with Crippen LogP contribution >= 0.6 is 0 Å². The highest BCUT2D eigenvalue weighted by molar-refractivity contribution is 6.04. The van der Waals surface area contributed by atoms with Gasteiger partial charge in [-0.3, -0.25) is 19.2 Å². The number of aliphatic carboxylic acids is 1. The van der Waals surface area contributed by atoms with Gasteiger partial charge in [0.05, 0.1) is 37.3 Å². The second-order valence-corrected chi connectivity index (χ2v) is 15.6. The van der Waals surface area contributed by atoms with Crippen LogP contribution in [0, 0.1) is 23.2 Å². The summed E-state index contributed by atoms with van der Waals surface area (Å²) in [5, 5.41) is 16.2. The molecule has 0 radical (unpaired) electrons. The average molecular weight is 756 g/mol. The zero-order valence-electron chi connectivity index (χ0n) is 32.6. The van der Waals surface area contributed by atoms with Gasteiger partial charge < -0.3 is 30.0 Å². The van der Waals surface area contributed by atoms with E-state index in [4.69, 9.17) is 19.2 Å². The summed E-state index contributed by atoms with van der Waals surface area (Å²) in [4.78, 5) is 71.9. The van der Waals surface area contributed by atoms with Crippen molar-refractivity contribution in [2.75, 3.05) is 14.2 Å². The molecule has 2 unspecified atom stereocenters.